The maximum absolute atomic E-state index is 12.4. The summed E-state index contributed by atoms with van der Waals surface area (Å²) in [6.07, 6.45) is 0.949. The quantitative estimate of drug-likeness (QED) is 0.775. The summed E-state index contributed by atoms with van der Waals surface area (Å²) in [5.74, 6) is 0.315. The number of benzene rings is 1. The number of hydrogen-bond donors (Lipinski definition) is 2. The second-order valence-corrected chi connectivity index (χ2v) is 6.94. The lowest BCUT2D eigenvalue weighted by atomic mass is 10.0. The summed E-state index contributed by atoms with van der Waals surface area (Å²) < 4.78 is 27.5. The summed E-state index contributed by atoms with van der Waals surface area (Å²) in [5, 5.41) is 3.20. The summed E-state index contributed by atoms with van der Waals surface area (Å²) in [6, 6.07) is 7.02. The van der Waals surface area contributed by atoms with E-state index in [2.05, 4.69) is 23.9 Å². The van der Waals surface area contributed by atoms with Crippen molar-refractivity contribution in [2.24, 2.45) is 5.92 Å². The molecule has 0 heterocycles. The number of sulfonamides is 1. The zero-order valence-corrected chi connectivity index (χ0v) is 13.6. The van der Waals surface area contributed by atoms with Crippen LogP contribution >= 0.6 is 0 Å². The zero-order valence-electron chi connectivity index (χ0n) is 12.8. The van der Waals surface area contributed by atoms with E-state index in [-0.39, 0.29) is 6.04 Å². The third-order valence-corrected chi connectivity index (χ3v) is 5.18. The molecule has 0 aromatic heterocycles. The minimum Gasteiger partial charge on any atom is -0.313 e. The van der Waals surface area contributed by atoms with Gasteiger partial charge < -0.3 is 5.32 Å². The van der Waals surface area contributed by atoms with Gasteiger partial charge in [-0.15, -0.1) is 0 Å². The van der Waals surface area contributed by atoms with Crippen molar-refractivity contribution in [2.75, 3.05) is 6.54 Å². The van der Waals surface area contributed by atoms with Gasteiger partial charge in [-0.2, -0.15) is 0 Å². The third kappa shape index (κ3) is 4.89. The molecule has 0 bridgehead atoms. The monoisotopic (exact) mass is 298 g/mol. The Hall–Kier alpha value is -0.910. The normalized spacial score (nSPS) is 15.0. The Morgan fingerprint density at radius 3 is 2.50 bits per heavy atom. The maximum Gasteiger partial charge on any atom is 0.240 e. The van der Waals surface area contributed by atoms with E-state index in [1.54, 1.807) is 18.2 Å². The lowest BCUT2D eigenvalue weighted by molar-refractivity contribution is 0.434. The van der Waals surface area contributed by atoms with Gasteiger partial charge in [-0.3, -0.25) is 0 Å². The highest BCUT2D eigenvalue weighted by Gasteiger charge is 2.20. The first-order chi connectivity index (χ1) is 9.40. The summed E-state index contributed by atoms with van der Waals surface area (Å²) in [6.45, 7) is 9.59. The van der Waals surface area contributed by atoms with Crippen molar-refractivity contribution in [3.05, 3.63) is 29.8 Å². The molecule has 0 radical (unpaired) electrons. The molecule has 2 atom stereocenters. The average Bonchev–Trinajstić information content (AvgIpc) is 2.44. The Balaban J connectivity index is 2.86. The van der Waals surface area contributed by atoms with Crippen LogP contribution < -0.4 is 10.0 Å². The Morgan fingerprint density at radius 1 is 1.20 bits per heavy atom. The molecule has 0 aliphatic heterocycles. The van der Waals surface area contributed by atoms with Crippen molar-refractivity contribution in [1.82, 2.24) is 10.0 Å². The van der Waals surface area contributed by atoms with E-state index in [0.717, 1.165) is 18.5 Å². The first-order valence-corrected chi connectivity index (χ1v) is 8.71. The van der Waals surface area contributed by atoms with E-state index in [4.69, 9.17) is 0 Å². The van der Waals surface area contributed by atoms with Crippen LogP contribution in [0.15, 0.2) is 29.2 Å². The molecule has 0 amide bonds. The fourth-order valence-electron chi connectivity index (χ4n) is 1.87. The molecule has 20 heavy (non-hydrogen) atoms. The molecule has 1 rings (SSSR count). The van der Waals surface area contributed by atoms with Crippen LogP contribution in [0.5, 0.6) is 0 Å². The Bertz CT molecular complexity index is 514. The molecule has 1 aromatic rings. The van der Waals surface area contributed by atoms with Crippen molar-refractivity contribution in [1.29, 1.82) is 0 Å². The SMILES string of the molecule is CCNCc1cccc(S(=O)(=O)NC(C)C(C)CC)c1. The minimum absolute atomic E-state index is 0.0672. The Labute approximate surface area is 123 Å². The van der Waals surface area contributed by atoms with Crippen LogP contribution in [-0.4, -0.2) is 21.0 Å². The lowest BCUT2D eigenvalue weighted by Crippen LogP contribution is -2.36. The molecule has 0 saturated carbocycles. The van der Waals surface area contributed by atoms with E-state index in [1.807, 2.05) is 19.9 Å². The number of hydrogen-bond acceptors (Lipinski definition) is 3. The van der Waals surface area contributed by atoms with Gasteiger partial charge >= 0.3 is 0 Å². The molecule has 4 nitrogen and oxygen atoms in total. The molecule has 2 N–H and O–H groups in total. The standard InChI is InChI=1S/C15H26N2O2S/c1-5-12(3)13(4)17-20(18,19)15-9-7-8-14(10-15)11-16-6-2/h7-10,12-13,16-17H,5-6,11H2,1-4H3. The van der Waals surface area contributed by atoms with Gasteiger partial charge in [0.25, 0.3) is 0 Å². The van der Waals surface area contributed by atoms with Gasteiger partial charge in [0.2, 0.25) is 10.0 Å². The van der Waals surface area contributed by atoms with Gasteiger partial charge in [0.15, 0.2) is 0 Å². The van der Waals surface area contributed by atoms with Crippen LogP contribution in [0.1, 0.15) is 39.7 Å². The Kier molecular flexibility index (Phi) is 6.65. The molecule has 0 saturated heterocycles. The molecule has 0 fully saturated rings. The molecular formula is C15H26N2O2S. The van der Waals surface area contributed by atoms with Crippen molar-refractivity contribution in [3.63, 3.8) is 0 Å². The summed E-state index contributed by atoms with van der Waals surface area (Å²) in [4.78, 5) is 0.336. The molecule has 0 spiro atoms. The second-order valence-electron chi connectivity index (χ2n) is 5.22. The van der Waals surface area contributed by atoms with Gasteiger partial charge in [-0.1, -0.05) is 39.3 Å². The maximum atomic E-state index is 12.4. The molecule has 5 heteroatoms. The average molecular weight is 298 g/mol. The van der Waals surface area contributed by atoms with E-state index >= 15 is 0 Å². The topological polar surface area (TPSA) is 58.2 Å². The zero-order chi connectivity index (χ0) is 15.2. The van der Waals surface area contributed by atoms with E-state index in [1.165, 1.54) is 0 Å². The van der Waals surface area contributed by atoms with Crippen LogP contribution in [0, 0.1) is 5.92 Å². The van der Waals surface area contributed by atoms with Crippen molar-refractivity contribution < 1.29 is 8.42 Å². The highest BCUT2D eigenvalue weighted by molar-refractivity contribution is 7.89. The summed E-state index contributed by atoms with van der Waals surface area (Å²) >= 11 is 0. The smallest absolute Gasteiger partial charge is 0.240 e. The summed E-state index contributed by atoms with van der Waals surface area (Å²) in [7, 11) is -3.44. The van der Waals surface area contributed by atoms with Crippen LogP contribution in [0.2, 0.25) is 0 Å². The fraction of sp³-hybridized carbons (Fsp3) is 0.600. The van der Waals surface area contributed by atoms with Crippen LogP contribution in [0.25, 0.3) is 0 Å². The molecule has 2 unspecified atom stereocenters. The van der Waals surface area contributed by atoms with Gasteiger partial charge in [0.05, 0.1) is 4.90 Å². The van der Waals surface area contributed by atoms with Gasteiger partial charge in [-0.05, 0) is 37.1 Å². The minimum atomic E-state index is -3.44. The molecular weight excluding hydrogens is 272 g/mol. The van der Waals surface area contributed by atoms with Crippen molar-refractivity contribution in [2.45, 2.75) is 51.6 Å². The van der Waals surface area contributed by atoms with Crippen LogP contribution in [-0.2, 0) is 16.6 Å². The molecule has 114 valence electrons. The van der Waals surface area contributed by atoms with Crippen LogP contribution in [0.3, 0.4) is 0 Å². The van der Waals surface area contributed by atoms with Gasteiger partial charge in [0, 0.05) is 12.6 Å². The summed E-state index contributed by atoms with van der Waals surface area (Å²) in [5.41, 5.74) is 0.978. The lowest BCUT2D eigenvalue weighted by Gasteiger charge is -2.20. The van der Waals surface area contributed by atoms with E-state index in [0.29, 0.717) is 17.4 Å². The molecule has 0 aliphatic rings. The fourth-order valence-corrected chi connectivity index (χ4v) is 3.30. The highest BCUT2D eigenvalue weighted by atomic mass is 32.2. The van der Waals surface area contributed by atoms with Crippen LogP contribution in [0.4, 0.5) is 0 Å². The first-order valence-electron chi connectivity index (χ1n) is 7.22. The predicted molar refractivity (Wildman–Crippen MR) is 83.1 cm³/mol. The van der Waals surface area contributed by atoms with E-state index < -0.39 is 10.0 Å². The second kappa shape index (κ2) is 7.76. The van der Waals surface area contributed by atoms with E-state index in [9.17, 15) is 8.42 Å². The predicted octanol–water partition coefficient (Wildman–Crippen LogP) is 2.51. The largest absolute Gasteiger partial charge is 0.313 e. The Morgan fingerprint density at radius 2 is 1.90 bits per heavy atom. The number of rotatable bonds is 8. The molecule has 0 aliphatic carbocycles. The first kappa shape index (κ1) is 17.1. The third-order valence-electron chi connectivity index (χ3n) is 3.63. The molecule has 1 aromatic carbocycles. The van der Waals surface area contributed by atoms with Gasteiger partial charge in [-0.25, -0.2) is 13.1 Å². The van der Waals surface area contributed by atoms with Gasteiger partial charge in [0.1, 0.15) is 0 Å². The van der Waals surface area contributed by atoms with Crippen molar-refractivity contribution in [3.8, 4) is 0 Å². The highest BCUT2D eigenvalue weighted by Crippen LogP contribution is 2.15. The number of nitrogens with one attached hydrogen (secondary N) is 2. The van der Waals surface area contributed by atoms with Crippen molar-refractivity contribution >= 4 is 10.0 Å².